The Bertz CT molecular complexity index is 881. The summed E-state index contributed by atoms with van der Waals surface area (Å²) in [4.78, 5) is 15.8. The Morgan fingerprint density at radius 2 is 2.06 bits per heavy atom. The highest BCUT2D eigenvalue weighted by Gasteiger charge is 2.14. The van der Waals surface area contributed by atoms with Crippen LogP contribution in [-0.4, -0.2) is 47.4 Å². The fourth-order valence-electron chi connectivity index (χ4n) is 3.21. The Hall–Kier alpha value is -2.30. The maximum atomic E-state index is 11.2. The minimum Gasteiger partial charge on any atom is -0.492 e. The van der Waals surface area contributed by atoms with E-state index in [4.69, 9.17) is 4.74 Å². The number of halogens is 1. The molecular weight excluding hydrogens is 507 g/mol. The highest BCUT2D eigenvalue weighted by atomic mass is 127. The maximum Gasteiger partial charge on any atom is 0.221 e. The van der Waals surface area contributed by atoms with Crippen molar-refractivity contribution in [1.82, 2.24) is 20.4 Å². The summed E-state index contributed by atoms with van der Waals surface area (Å²) in [5.41, 5.74) is 4.25. The van der Waals surface area contributed by atoms with Gasteiger partial charge < -0.3 is 20.7 Å². The number of carbonyl (C=O) groups excluding carboxylic acids is 1. The Labute approximate surface area is 202 Å². The molecule has 0 bridgehead atoms. The molecule has 2 rings (SSSR count). The Morgan fingerprint density at radius 1 is 1.32 bits per heavy atom. The van der Waals surface area contributed by atoms with E-state index >= 15 is 0 Å². The van der Waals surface area contributed by atoms with Crippen molar-refractivity contribution in [1.29, 1.82) is 0 Å². The molecule has 0 saturated heterocycles. The number of carbonyl (C=O) groups is 1. The van der Waals surface area contributed by atoms with E-state index in [1.54, 1.807) is 6.07 Å². The summed E-state index contributed by atoms with van der Waals surface area (Å²) in [5.74, 6) is 1.36. The van der Waals surface area contributed by atoms with Gasteiger partial charge in [-0.2, -0.15) is 5.10 Å². The molecular formula is C22H35IN6O2. The van der Waals surface area contributed by atoms with Gasteiger partial charge in [-0.05, 0) is 51.8 Å². The summed E-state index contributed by atoms with van der Waals surface area (Å²) >= 11 is 0. The average molecular weight is 542 g/mol. The van der Waals surface area contributed by atoms with Crippen LogP contribution in [0.1, 0.15) is 37.7 Å². The molecule has 0 aliphatic rings. The van der Waals surface area contributed by atoms with Crippen LogP contribution in [0.3, 0.4) is 0 Å². The Balaban J connectivity index is 0.00000480. The third-order valence-electron chi connectivity index (χ3n) is 4.68. The highest BCUT2D eigenvalue weighted by Crippen LogP contribution is 2.17. The number of aliphatic imine (C=N–C) groups is 1. The molecule has 3 N–H and O–H groups in total. The lowest BCUT2D eigenvalue weighted by Gasteiger charge is -2.18. The smallest absolute Gasteiger partial charge is 0.221 e. The minimum absolute atomic E-state index is 0. The van der Waals surface area contributed by atoms with Crippen molar-refractivity contribution in [3.63, 3.8) is 0 Å². The van der Waals surface area contributed by atoms with E-state index < -0.39 is 0 Å². The molecule has 0 aliphatic heterocycles. The summed E-state index contributed by atoms with van der Waals surface area (Å²) in [7, 11) is 1.97. The first-order valence-corrected chi connectivity index (χ1v) is 10.3. The molecule has 8 nitrogen and oxygen atoms in total. The Morgan fingerprint density at radius 3 is 2.68 bits per heavy atom. The SMILES string of the molecule is CCNC(=NCCOc1cccc(NC(C)=O)c1)NC(C)Cc1c(C)nn(C)c1C.I. The number of amides is 1. The van der Waals surface area contributed by atoms with Crippen molar-refractivity contribution < 1.29 is 9.53 Å². The molecule has 1 atom stereocenters. The fourth-order valence-corrected chi connectivity index (χ4v) is 3.21. The topological polar surface area (TPSA) is 92.6 Å². The first-order valence-electron chi connectivity index (χ1n) is 10.3. The lowest BCUT2D eigenvalue weighted by molar-refractivity contribution is -0.114. The van der Waals surface area contributed by atoms with E-state index in [-0.39, 0.29) is 35.9 Å². The van der Waals surface area contributed by atoms with Crippen molar-refractivity contribution >= 4 is 41.5 Å². The second-order valence-corrected chi connectivity index (χ2v) is 7.34. The van der Waals surface area contributed by atoms with Crippen molar-refractivity contribution in [3.05, 3.63) is 41.2 Å². The van der Waals surface area contributed by atoms with E-state index in [0.717, 1.165) is 24.6 Å². The van der Waals surface area contributed by atoms with E-state index in [1.807, 2.05) is 43.8 Å². The van der Waals surface area contributed by atoms with Gasteiger partial charge in [0.05, 0.1) is 12.2 Å². The first-order chi connectivity index (χ1) is 14.3. The average Bonchev–Trinajstić information content (AvgIpc) is 2.91. The number of guanidine groups is 1. The van der Waals surface area contributed by atoms with E-state index in [0.29, 0.717) is 24.6 Å². The number of rotatable bonds is 9. The molecule has 9 heteroatoms. The lowest BCUT2D eigenvalue weighted by Crippen LogP contribution is -2.43. The van der Waals surface area contributed by atoms with Crippen LogP contribution < -0.4 is 20.7 Å². The molecule has 0 radical (unpaired) electrons. The number of benzene rings is 1. The van der Waals surface area contributed by atoms with Crippen LogP contribution >= 0.6 is 24.0 Å². The van der Waals surface area contributed by atoms with Crippen LogP contribution in [0.5, 0.6) is 5.75 Å². The predicted molar refractivity (Wildman–Crippen MR) is 137 cm³/mol. The molecule has 2 aromatic rings. The van der Waals surface area contributed by atoms with Gasteiger partial charge in [-0.25, -0.2) is 4.99 Å². The summed E-state index contributed by atoms with van der Waals surface area (Å²) < 4.78 is 7.69. The molecule has 1 heterocycles. The Kier molecular flexibility index (Phi) is 11.4. The van der Waals surface area contributed by atoms with Crippen LogP contribution in [0.2, 0.25) is 0 Å². The number of nitrogens with one attached hydrogen (secondary N) is 3. The van der Waals surface area contributed by atoms with Gasteiger partial charge in [0.1, 0.15) is 12.4 Å². The normalized spacial score (nSPS) is 12.0. The zero-order valence-corrected chi connectivity index (χ0v) is 21.6. The second kappa shape index (κ2) is 13.2. The molecule has 0 saturated carbocycles. The van der Waals surface area contributed by atoms with Crippen LogP contribution in [0, 0.1) is 13.8 Å². The molecule has 1 amide bonds. The number of nitrogens with zero attached hydrogens (tertiary/aromatic N) is 3. The first kappa shape index (κ1) is 26.7. The lowest BCUT2D eigenvalue weighted by atomic mass is 10.1. The van der Waals surface area contributed by atoms with Gasteiger partial charge in [-0.3, -0.25) is 9.48 Å². The van der Waals surface area contributed by atoms with Gasteiger partial charge in [0.25, 0.3) is 0 Å². The summed E-state index contributed by atoms with van der Waals surface area (Å²) in [5, 5.41) is 14.0. The van der Waals surface area contributed by atoms with E-state index in [9.17, 15) is 4.79 Å². The van der Waals surface area contributed by atoms with Crippen molar-refractivity contribution in [3.8, 4) is 5.75 Å². The van der Waals surface area contributed by atoms with Crippen LogP contribution in [0.4, 0.5) is 5.69 Å². The van der Waals surface area contributed by atoms with Crippen molar-refractivity contribution in [2.75, 3.05) is 25.0 Å². The summed E-state index contributed by atoms with van der Waals surface area (Å²) in [6.45, 7) is 11.5. The largest absolute Gasteiger partial charge is 0.492 e. The van der Waals surface area contributed by atoms with Crippen LogP contribution in [-0.2, 0) is 18.3 Å². The van der Waals surface area contributed by atoms with Gasteiger partial charge in [0, 0.05) is 44.0 Å². The van der Waals surface area contributed by atoms with Gasteiger partial charge in [-0.15, -0.1) is 24.0 Å². The number of anilines is 1. The molecule has 1 unspecified atom stereocenters. The predicted octanol–water partition coefficient (Wildman–Crippen LogP) is 3.18. The number of hydrogen-bond donors (Lipinski definition) is 3. The molecule has 1 aromatic heterocycles. The van der Waals surface area contributed by atoms with Gasteiger partial charge >= 0.3 is 0 Å². The molecule has 0 spiro atoms. The number of aryl methyl sites for hydroxylation is 2. The van der Waals surface area contributed by atoms with Crippen LogP contribution in [0.15, 0.2) is 29.3 Å². The maximum absolute atomic E-state index is 11.2. The third kappa shape index (κ3) is 8.76. The van der Waals surface area contributed by atoms with E-state index in [1.165, 1.54) is 18.2 Å². The standard InChI is InChI=1S/C22H34N6O2.HI/c1-7-23-22(25-15(2)13-21-16(3)27-28(6)17(21)4)24-11-12-30-20-10-8-9-19(14-20)26-18(5)29;/h8-10,14-15H,7,11-13H2,1-6H3,(H,26,29)(H2,23,24,25);1H. The minimum atomic E-state index is -0.108. The van der Waals surface area contributed by atoms with Gasteiger partial charge in [-0.1, -0.05) is 6.07 Å². The van der Waals surface area contributed by atoms with E-state index in [2.05, 4.69) is 39.9 Å². The molecule has 1 aromatic carbocycles. The van der Waals surface area contributed by atoms with Crippen molar-refractivity contribution in [2.45, 2.75) is 47.1 Å². The monoisotopic (exact) mass is 542 g/mol. The number of hydrogen-bond acceptors (Lipinski definition) is 4. The third-order valence-corrected chi connectivity index (χ3v) is 4.68. The number of aromatic nitrogens is 2. The molecule has 31 heavy (non-hydrogen) atoms. The zero-order chi connectivity index (χ0) is 22.1. The molecule has 0 fully saturated rings. The summed E-state index contributed by atoms with van der Waals surface area (Å²) in [6, 6.07) is 7.54. The van der Waals surface area contributed by atoms with Gasteiger partial charge in [0.2, 0.25) is 5.91 Å². The molecule has 0 aliphatic carbocycles. The molecule has 172 valence electrons. The summed E-state index contributed by atoms with van der Waals surface area (Å²) in [6.07, 6.45) is 0.877. The highest BCUT2D eigenvalue weighted by molar-refractivity contribution is 14.0. The zero-order valence-electron chi connectivity index (χ0n) is 19.3. The van der Waals surface area contributed by atoms with Gasteiger partial charge in [0.15, 0.2) is 5.96 Å². The van der Waals surface area contributed by atoms with Crippen LogP contribution in [0.25, 0.3) is 0 Å². The quantitative estimate of drug-likeness (QED) is 0.196. The fraction of sp³-hybridized carbons (Fsp3) is 0.500. The second-order valence-electron chi connectivity index (χ2n) is 7.34. The van der Waals surface area contributed by atoms with Crippen molar-refractivity contribution in [2.24, 2.45) is 12.0 Å². The number of ether oxygens (including phenoxy) is 1.